The van der Waals surface area contributed by atoms with Crippen molar-refractivity contribution in [3.05, 3.63) is 24.5 Å². The predicted octanol–water partition coefficient (Wildman–Crippen LogP) is 2.41. The summed E-state index contributed by atoms with van der Waals surface area (Å²) in [5.41, 5.74) is 0. The second-order valence-electron chi connectivity index (χ2n) is 7.00. The van der Waals surface area contributed by atoms with Gasteiger partial charge in [-0.25, -0.2) is 0 Å². The third-order valence-electron chi connectivity index (χ3n) is 4.44. The third kappa shape index (κ3) is 8.73. The Bertz CT molecular complexity index is 486. The number of rotatable bonds is 9. The molecule has 1 aliphatic heterocycles. The van der Waals surface area contributed by atoms with Crippen LogP contribution in [-0.2, 0) is 11.3 Å². The summed E-state index contributed by atoms with van der Waals surface area (Å²) in [6.45, 7) is 13.9. The van der Waals surface area contributed by atoms with Gasteiger partial charge in [0.15, 0.2) is 5.96 Å². The van der Waals surface area contributed by atoms with Gasteiger partial charge in [0.05, 0.1) is 19.8 Å². The van der Waals surface area contributed by atoms with Gasteiger partial charge in [-0.15, -0.1) is 24.0 Å². The van der Waals surface area contributed by atoms with Crippen molar-refractivity contribution >= 4 is 29.9 Å². The maximum Gasteiger partial charge on any atom is 0.191 e. The lowest BCUT2D eigenvalue weighted by molar-refractivity contribution is 0.0143. The highest BCUT2D eigenvalue weighted by molar-refractivity contribution is 14.0. The van der Waals surface area contributed by atoms with Gasteiger partial charge in [-0.1, -0.05) is 13.8 Å². The first-order valence-corrected chi connectivity index (χ1v) is 9.63. The van der Waals surface area contributed by atoms with Crippen molar-refractivity contribution < 1.29 is 4.74 Å². The van der Waals surface area contributed by atoms with E-state index < -0.39 is 0 Å². The minimum absolute atomic E-state index is 0. The van der Waals surface area contributed by atoms with Gasteiger partial charge >= 0.3 is 0 Å². The molecule has 26 heavy (non-hydrogen) atoms. The minimum atomic E-state index is 0. The van der Waals surface area contributed by atoms with Crippen LogP contribution in [0.1, 0.15) is 27.2 Å². The molecule has 1 saturated heterocycles. The summed E-state index contributed by atoms with van der Waals surface area (Å²) in [4.78, 5) is 7.40. The molecule has 0 spiro atoms. The summed E-state index contributed by atoms with van der Waals surface area (Å²) in [5, 5.41) is 6.81. The zero-order valence-corrected chi connectivity index (χ0v) is 18.8. The van der Waals surface area contributed by atoms with Gasteiger partial charge in [-0.05, 0) is 31.4 Å². The number of nitrogens with one attached hydrogen (secondary N) is 2. The molecule has 1 aliphatic rings. The number of guanidine groups is 1. The molecule has 2 heterocycles. The van der Waals surface area contributed by atoms with E-state index in [2.05, 4.69) is 65.4 Å². The summed E-state index contributed by atoms with van der Waals surface area (Å²) >= 11 is 0. The number of nitrogens with zero attached hydrogens (tertiary/aromatic N) is 3. The van der Waals surface area contributed by atoms with Crippen molar-refractivity contribution in [3.63, 3.8) is 0 Å². The van der Waals surface area contributed by atoms with E-state index >= 15 is 0 Å². The van der Waals surface area contributed by atoms with Crippen molar-refractivity contribution in [1.29, 1.82) is 0 Å². The molecule has 0 amide bonds. The Kier molecular flexibility index (Phi) is 12.0. The van der Waals surface area contributed by atoms with Crippen LogP contribution in [0.25, 0.3) is 0 Å². The number of hydrogen-bond acceptors (Lipinski definition) is 3. The standard InChI is InChI=1S/C19H35N5O.HI/c1-4-20-19(21-7-10-23-8-5-6-9-23)22-16-18(15-17(2)3)24-11-13-25-14-12-24;/h5-6,8-9,17-18H,4,7,10-16H2,1-3H3,(H2,20,21,22);1H. The van der Waals surface area contributed by atoms with Gasteiger partial charge in [0, 0.05) is 51.2 Å². The van der Waals surface area contributed by atoms with Crippen LogP contribution in [0, 0.1) is 5.92 Å². The fourth-order valence-electron chi connectivity index (χ4n) is 3.19. The lowest BCUT2D eigenvalue weighted by Crippen LogP contribution is -2.46. The molecule has 1 unspecified atom stereocenters. The molecule has 6 nitrogen and oxygen atoms in total. The van der Waals surface area contributed by atoms with Crippen LogP contribution in [-0.4, -0.2) is 67.4 Å². The molecule has 0 saturated carbocycles. The van der Waals surface area contributed by atoms with Crippen molar-refractivity contribution in [1.82, 2.24) is 20.1 Å². The van der Waals surface area contributed by atoms with Crippen LogP contribution in [0.5, 0.6) is 0 Å². The molecule has 0 radical (unpaired) electrons. The summed E-state index contributed by atoms with van der Waals surface area (Å²) in [5.74, 6) is 1.59. The zero-order chi connectivity index (χ0) is 17.9. The normalized spacial score (nSPS) is 17.0. The number of ether oxygens (including phenoxy) is 1. The average Bonchev–Trinajstić information content (AvgIpc) is 3.12. The molecule has 1 aromatic rings. The van der Waals surface area contributed by atoms with Crippen LogP contribution < -0.4 is 10.6 Å². The highest BCUT2D eigenvalue weighted by atomic mass is 127. The van der Waals surface area contributed by atoms with Gasteiger partial charge in [-0.2, -0.15) is 0 Å². The number of halogens is 1. The van der Waals surface area contributed by atoms with Crippen molar-refractivity contribution in [2.45, 2.75) is 39.8 Å². The van der Waals surface area contributed by atoms with E-state index in [1.807, 2.05) is 0 Å². The first kappa shape index (κ1) is 23.2. The number of aliphatic imine (C=N–C) groups is 1. The van der Waals surface area contributed by atoms with Gasteiger partial charge in [0.25, 0.3) is 0 Å². The second kappa shape index (κ2) is 13.4. The molecule has 2 rings (SSSR count). The Morgan fingerprint density at radius 1 is 1.15 bits per heavy atom. The molecule has 1 aromatic heterocycles. The molecule has 1 fully saturated rings. The maximum absolute atomic E-state index is 5.50. The predicted molar refractivity (Wildman–Crippen MR) is 119 cm³/mol. The number of aromatic nitrogens is 1. The van der Waals surface area contributed by atoms with Crippen LogP contribution in [0.3, 0.4) is 0 Å². The quantitative estimate of drug-likeness (QED) is 0.326. The third-order valence-corrected chi connectivity index (χ3v) is 4.44. The van der Waals surface area contributed by atoms with Gasteiger partial charge in [-0.3, -0.25) is 9.89 Å². The lowest BCUT2D eigenvalue weighted by atomic mass is 10.0. The highest BCUT2D eigenvalue weighted by Gasteiger charge is 2.21. The van der Waals surface area contributed by atoms with E-state index in [-0.39, 0.29) is 24.0 Å². The topological polar surface area (TPSA) is 53.8 Å². The Labute approximate surface area is 175 Å². The zero-order valence-electron chi connectivity index (χ0n) is 16.5. The molecule has 0 aliphatic carbocycles. The van der Waals surface area contributed by atoms with Gasteiger partial charge in [0.1, 0.15) is 0 Å². The molecule has 7 heteroatoms. The van der Waals surface area contributed by atoms with Crippen LogP contribution in [0.2, 0.25) is 0 Å². The first-order valence-electron chi connectivity index (χ1n) is 9.63. The van der Waals surface area contributed by atoms with E-state index in [1.165, 1.54) is 6.42 Å². The van der Waals surface area contributed by atoms with E-state index in [0.717, 1.165) is 58.4 Å². The first-order chi connectivity index (χ1) is 12.2. The molecular weight excluding hydrogens is 441 g/mol. The summed E-state index contributed by atoms with van der Waals surface area (Å²) in [7, 11) is 0. The van der Waals surface area contributed by atoms with E-state index in [9.17, 15) is 0 Å². The molecule has 150 valence electrons. The monoisotopic (exact) mass is 477 g/mol. The highest BCUT2D eigenvalue weighted by Crippen LogP contribution is 2.14. The van der Waals surface area contributed by atoms with Crippen molar-refractivity contribution in [2.75, 3.05) is 45.9 Å². The largest absolute Gasteiger partial charge is 0.379 e. The Hall–Kier alpha value is -0.800. The maximum atomic E-state index is 5.50. The molecular formula is C19H36IN5O. The Balaban J connectivity index is 0.00000338. The number of morpholine rings is 1. The van der Waals surface area contributed by atoms with Crippen molar-refractivity contribution in [3.8, 4) is 0 Å². The summed E-state index contributed by atoms with van der Waals surface area (Å²) < 4.78 is 7.68. The molecule has 1 atom stereocenters. The molecule has 0 aromatic carbocycles. The molecule has 2 N–H and O–H groups in total. The number of hydrogen-bond donors (Lipinski definition) is 2. The lowest BCUT2D eigenvalue weighted by Gasteiger charge is -2.34. The molecule has 0 bridgehead atoms. The Morgan fingerprint density at radius 3 is 2.46 bits per heavy atom. The van der Waals surface area contributed by atoms with Crippen molar-refractivity contribution in [2.24, 2.45) is 10.9 Å². The van der Waals surface area contributed by atoms with Gasteiger partial charge < -0.3 is 19.9 Å². The fourth-order valence-corrected chi connectivity index (χ4v) is 3.19. The van der Waals surface area contributed by atoms with Crippen LogP contribution >= 0.6 is 24.0 Å². The fraction of sp³-hybridized carbons (Fsp3) is 0.737. The smallest absolute Gasteiger partial charge is 0.191 e. The SMILES string of the molecule is CCNC(=NCC(CC(C)C)N1CCOCC1)NCCn1cccc1.I. The van der Waals surface area contributed by atoms with E-state index in [0.29, 0.717) is 12.0 Å². The van der Waals surface area contributed by atoms with Crippen LogP contribution in [0.4, 0.5) is 0 Å². The Morgan fingerprint density at radius 2 is 1.85 bits per heavy atom. The summed E-state index contributed by atoms with van der Waals surface area (Å²) in [6.07, 6.45) is 5.35. The average molecular weight is 477 g/mol. The second-order valence-corrected chi connectivity index (χ2v) is 7.00. The van der Waals surface area contributed by atoms with Gasteiger partial charge in [0.2, 0.25) is 0 Å². The van der Waals surface area contributed by atoms with E-state index in [1.54, 1.807) is 0 Å². The van der Waals surface area contributed by atoms with E-state index in [4.69, 9.17) is 9.73 Å². The minimum Gasteiger partial charge on any atom is -0.379 e. The van der Waals surface area contributed by atoms with Crippen LogP contribution in [0.15, 0.2) is 29.5 Å². The summed E-state index contributed by atoms with van der Waals surface area (Å²) in [6, 6.07) is 4.60.